The Kier molecular flexibility index (Phi) is 6.39. The second-order valence-electron chi connectivity index (χ2n) is 10.2. The molecule has 6 rings (SSSR count). The number of carbonyl (C=O) groups is 1. The SMILES string of the molecule is CCOC(=O)C12C3C(=C(C)C)C(CCC31OCc1ccccc1)[C@@H]2CCOCc1ccccc1. The van der Waals surface area contributed by atoms with Gasteiger partial charge < -0.3 is 14.2 Å². The van der Waals surface area contributed by atoms with Gasteiger partial charge in [-0.05, 0) is 63.0 Å². The number of allylic oxidation sites excluding steroid dienone is 1. The number of esters is 1. The molecule has 4 bridgehead atoms. The van der Waals surface area contributed by atoms with Crippen molar-refractivity contribution in [1.82, 2.24) is 0 Å². The molecule has 4 saturated carbocycles. The van der Waals surface area contributed by atoms with E-state index >= 15 is 0 Å². The lowest BCUT2D eigenvalue weighted by atomic mass is 9.67. The van der Waals surface area contributed by atoms with Gasteiger partial charge in [0.15, 0.2) is 0 Å². The molecule has 0 aliphatic heterocycles. The molecule has 180 valence electrons. The van der Waals surface area contributed by atoms with Gasteiger partial charge in [0.05, 0.1) is 25.4 Å². The van der Waals surface area contributed by atoms with Crippen LogP contribution in [0.4, 0.5) is 0 Å². The van der Waals surface area contributed by atoms with Crippen LogP contribution in [0.2, 0.25) is 0 Å². The number of hydrogen-bond donors (Lipinski definition) is 0. The lowest BCUT2D eigenvalue weighted by Crippen LogP contribution is -2.45. The van der Waals surface area contributed by atoms with Crippen LogP contribution in [0.25, 0.3) is 0 Å². The first-order valence-electron chi connectivity index (χ1n) is 12.7. The zero-order valence-corrected chi connectivity index (χ0v) is 20.6. The van der Waals surface area contributed by atoms with Gasteiger partial charge in [-0.1, -0.05) is 71.8 Å². The summed E-state index contributed by atoms with van der Waals surface area (Å²) in [5.41, 5.74) is 4.06. The molecule has 0 radical (unpaired) electrons. The van der Waals surface area contributed by atoms with Crippen LogP contribution in [-0.4, -0.2) is 24.8 Å². The molecular weight excluding hydrogens is 424 g/mol. The summed E-state index contributed by atoms with van der Waals surface area (Å²) in [6, 6.07) is 20.5. The molecule has 5 atom stereocenters. The second kappa shape index (κ2) is 9.31. The predicted octanol–water partition coefficient (Wildman–Crippen LogP) is 6.10. The highest BCUT2D eigenvalue weighted by Gasteiger charge is 2.91. The third kappa shape index (κ3) is 3.54. The molecule has 34 heavy (non-hydrogen) atoms. The summed E-state index contributed by atoms with van der Waals surface area (Å²) < 4.78 is 18.6. The molecule has 4 aliphatic rings. The normalized spacial score (nSPS) is 30.8. The number of carbonyl (C=O) groups excluding carboxylic acids is 1. The van der Waals surface area contributed by atoms with Crippen molar-refractivity contribution in [1.29, 1.82) is 0 Å². The average Bonchev–Trinajstić information content (AvgIpc) is 3.38. The van der Waals surface area contributed by atoms with Gasteiger partial charge in [-0.25, -0.2) is 0 Å². The fourth-order valence-corrected chi connectivity index (χ4v) is 7.20. The Bertz CT molecular complexity index is 1040. The average molecular weight is 461 g/mol. The van der Waals surface area contributed by atoms with Gasteiger partial charge in [-0.15, -0.1) is 0 Å². The standard InChI is InChI=1S/C30H36O4/c1-4-33-28(31)30-25(16-18-32-19-22-11-7-5-8-12-22)24-15-17-29(30,27(30)26(24)21(2)3)34-20-23-13-9-6-10-14-23/h5-14,24-25,27H,4,15-20H2,1-3H3/t24?,25-,27?,29?,30?/m0/s1. The lowest BCUT2D eigenvalue weighted by Gasteiger charge is -2.42. The van der Waals surface area contributed by atoms with E-state index in [1.54, 1.807) is 0 Å². The largest absolute Gasteiger partial charge is 0.465 e. The molecule has 4 heteroatoms. The van der Waals surface area contributed by atoms with E-state index in [4.69, 9.17) is 14.2 Å². The fraction of sp³-hybridized carbons (Fsp3) is 0.500. The van der Waals surface area contributed by atoms with Gasteiger partial charge in [0, 0.05) is 12.5 Å². The molecule has 4 unspecified atom stereocenters. The highest BCUT2D eigenvalue weighted by atomic mass is 16.5. The Morgan fingerprint density at radius 2 is 1.62 bits per heavy atom. The van der Waals surface area contributed by atoms with Crippen LogP contribution in [0.3, 0.4) is 0 Å². The summed E-state index contributed by atoms with van der Waals surface area (Å²) in [7, 11) is 0. The van der Waals surface area contributed by atoms with Crippen LogP contribution in [0.1, 0.15) is 51.2 Å². The Balaban J connectivity index is 1.40. The van der Waals surface area contributed by atoms with Crippen molar-refractivity contribution in [2.75, 3.05) is 13.2 Å². The first-order chi connectivity index (χ1) is 16.6. The van der Waals surface area contributed by atoms with Crippen LogP contribution in [0, 0.1) is 23.2 Å². The van der Waals surface area contributed by atoms with Crippen molar-refractivity contribution in [3.05, 3.63) is 82.9 Å². The predicted molar refractivity (Wildman–Crippen MR) is 132 cm³/mol. The van der Waals surface area contributed by atoms with E-state index in [0.29, 0.717) is 32.3 Å². The van der Waals surface area contributed by atoms with Crippen LogP contribution in [-0.2, 0) is 32.2 Å². The van der Waals surface area contributed by atoms with E-state index in [9.17, 15) is 4.79 Å². The van der Waals surface area contributed by atoms with Crippen LogP contribution in [0.15, 0.2) is 71.8 Å². The summed E-state index contributed by atoms with van der Waals surface area (Å²) in [4.78, 5) is 13.7. The molecule has 2 aromatic rings. The van der Waals surface area contributed by atoms with Crippen molar-refractivity contribution in [3.8, 4) is 0 Å². The van der Waals surface area contributed by atoms with Gasteiger partial charge in [-0.3, -0.25) is 4.79 Å². The summed E-state index contributed by atoms with van der Waals surface area (Å²) in [6.45, 7) is 8.44. The molecule has 4 nitrogen and oxygen atoms in total. The van der Waals surface area contributed by atoms with E-state index in [-0.39, 0.29) is 17.8 Å². The van der Waals surface area contributed by atoms with Gasteiger partial charge in [0.25, 0.3) is 0 Å². The number of benzene rings is 2. The molecule has 2 aromatic carbocycles. The Hall–Kier alpha value is -2.43. The number of hydrogen-bond acceptors (Lipinski definition) is 4. The molecule has 0 heterocycles. The van der Waals surface area contributed by atoms with E-state index in [2.05, 4.69) is 38.1 Å². The van der Waals surface area contributed by atoms with Crippen LogP contribution < -0.4 is 0 Å². The van der Waals surface area contributed by atoms with Crippen molar-refractivity contribution in [3.63, 3.8) is 0 Å². The van der Waals surface area contributed by atoms with Gasteiger partial charge in [0.1, 0.15) is 5.41 Å². The quantitative estimate of drug-likeness (QED) is 0.244. The highest BCUT2D eigenvalue weighted by Crippen LogP contribution is 2.84. The summed E-state index contributed by atoms with van der Waals surface area (Å²) in [6.07, 6.45) is 2.84. The van der Waals surface area contributed by atoms with E-state index in [0.717, 1.165) is 24.8 Å². The van der Waals surface area contributed by atoms with Gasteiger partial charge in [-0.2, -0.15) is 0 Å². The zero-order valence-electron chi connectivity index (χ0n) is 20.6. The summed E-state index contributed by atoms with van der Waals surface area (Å²) in [5, 5.41) is 0. The monoisotopic (exact) mass is 460 g/mol. The van der Waals surface area contributed by atoms with E-state index in [1.165, 1.54) is 16.7 Å². The van der Waals surface area contributed by atoms with Crippen molar-refractivity contribution in [2.24, 2.45) is 23.2 Å². The Morgan fingerprint density at radius 3 is 2.24 bits per heavy atom. The Labute approximate surface area is 203 Å². The van der Waals surface area contributed by atoms with Gasteiger partial charge >= 0.3 is 5.97 Å². The maximum atomic E-state index is 13.7. The zero-order chi connectivity index (χ0) is 23.8. The highest BCUT2D eigenvalue weighted by molar-refractivity contribution is 5.88. The third-order valence-electron chi connectivity index (χ3n) is 8.36. The topological polar surface area (TPSA) is 44.8 Å². The van der Waals surface area contributed by atoms with Crippen molar-refractivity contribution < 1.29 is 19.0 Å². The molecule has 4 fully saturated rings. The minimum absolute atomic E-state index is 0.0675. The summed E-state index contributed by atoms with van der Waals surface area (Å²) in [5.74, 6) is 0.677. The van der Waals surface area contributed by atoms with Crippen molar-refractivity contribution >= 4 is 5.97 Å². The smallest absolute Gasteiger partial charge is 0.316 e. The van der Waals surface area contributed by atoms with Crippen LogP contribution >= 0.6 is 0 Å². The molecule has 0 N–H and O–H groups in total. The minimum atomic E-state index is -0.580. The summed E-state index contributed by atoms with van der Waals surface area (Å²) >= 11 is 0. The van der Waals surface area contributed by atoms with Crippen molar-refractivity contribution in [2.45, 2.75) is 58.8 Å². The molecule has 0 aromatic heterocycles. The minimum Gasteiger partial charge on any atom is -0.465 e. The molecule has 4 aliphatic carbocycles. The number of rotatable bonds is 10. The number of ether oxygens (including phenoxy) is 3. The molecule has 0 spiro atoms. The molecule has 0 saturated heterocycles. The second-order valence-corrected chi connectivity index (χ2v) is 10.2. The third-order valence-corrected chi connectivity index (χ3v) is 8.36. The van der Waals surface area contributed by atoms with Crippen LogP contribution in [0.5, 0.6) is 0 Å². The fourth-order valence-electron chi connectivity index (χ4n) is 7.20. The van der Waals surface area contributed by atoms with E-state index in [1.807, 2.05) is 43.3 Å². The number of fused-ring (bicyclic) bond motifs is 1. The molecule has 0 amide bonds. The molecular formula is C30H36O4. The first-order valence-corrected chi connectivity index (χ1v) is 12.7. The maximum Gasteiger partial charge on any atom is 0.316 e. The first kappa shape index (κ1) is 23.3. The lowest BCUT2D eigenvalue weighted by molar-refractivity contribution is -0.163. The van der Waals surface area contributed by atoms with Gasteiger partial charge in [0.2, 0.25) is 0 Å². The maximum absolute atomic E-state index is 13.7. The van der Waals surface area contributed by atoms with E-state index < -0.39 is 11.0 Å². The Morgan fingerprint density at radius 1 is 0.971 bits per heavy atom.